The van der Waals surface area contributed by atoms with E-state index in [-0.39, 0.29) is 5.41 Å². The molecule has 4 nitrogen and oxygen atoms in total. The smallest absolute Gasteiger partial charge is 0.240 e. The van der Waals surface area contributed by atoms with E-state index in [1.807, 2.05) is 6.07 Å². The van der Waals surface area contributed by atoms with Gasteiger partial charge in [0.2, 0.25) is 10.0 Å². The zero-order valence-corrected chi connectivity index (χ0v) is 12.5. The molecule has 1 aromatic carbocycles. The largest absolute Gasteiger partial charge is 0.326 e. The van der Waals surface area contributed by atoms with Gasteiger partial charge in [0, 0.05) is 13.1 Å². The van der Waals surface area contributed by atoms with Crippen LogP contribution in [0.2, 0.25) is 0 Å². The summed E-state index contributed by atoms with van der Waals surface area (Å²) in [7, 11) is -3.43. The summed E-state index contributed by atoms with van der Waals surface area (Å²) in [4.78, 5) is 0.342. The second-order valence-corrected chi connectivity index (χ2v) is 7.72. The molecule has 0 bridgehead atoms. The second-order valence-electron chi connectivity index (χ2n) is 5.99. The Morgan fingerprint density at radius 2 is 2.05 bits per heavy atom. The quantitative estimate of drug-likeness (QED) is 0.864. The predicted molar refractivity (Wildman–Crippen MR) is 76.1 cm³/mol. The van der Waals surface area contributed by atoms with Crippen molar-refractivity contribution < 1.29 is 8.42 Å². The topological polar surface area (TPSA) is 72.2 Å². The van der Waals surface area contributed by atoms with Crippen molar-refractivity contribution >= 4 is 10.0 Å². The molecule has 0 heterocycles. The average molecular weight is 282 g/mol. The first-order valence-electron chi connectivity index (χ1n) is 6.56. The highest BCUT2D eigenvalue weighted by Crippen LogP contribution is 2.51. The van der Waals surface area contributed by atoms with Crippen LogP contribution in [0.15, 0.2) is 23.1 Å². The molecule has 1 aromatic rings. The van der Waals surface area contributed by atoms with Crippen molar-refractivity contribution in [3.05, 3.63) is 29.3 Å². The fourth-order valence-electron chi connectivity index (χ4n) is 2.38. The van der Waals surface area contributed by atoms with Gasteiger partial charge in [-0.3, -0.25) is 0 Å². The summed E-state index contributed by atoms with van der Waals surface area (Å²) >= 11 is 0. The van der Waals surface area contributed by atoms with Crippen molar-refractivity contribution in [1.82, 2.24) is 4.72 Å². The molecule has 1 aliphatic rings. The van der Waals surface area contributed by atoms with Gasteiger partial charge in [0.15, 0.2) is 0 Å². The molecule has 1 aliphatic carbocycles. The Kier molecular flexibility index (Phi) is 3.73. The Morgan fingerprint density at radius 3 is 2.58 bits per heavy atom. The van der Waals surface area contributed by atoms with Gasteiger partial charge in [-0.2, -0.15) is 0 Å². The van der Waals surface area contributed by atoms with Gasteiger partial charge in [0.25, 0.3) is 0 Å². The van der Waals surface area contributed by atoms with E-state index in [9.17, 15) is 8.42 Å². The maximum atomic E-state index is 12.3. The lowest BCUT2D eigenvalue weighted by Crippen LogP contribution is -2.27. The number of hydrogen-bond donors (Lipinski definition) is 2. The molecule has 106 valence electrons. The van der Waals surface area contributed by atoms with E-state index in [0.29, 0.717) is 23.9 Å². The van der Waals surface area contributed by atoms with Gasteiger partial charge in [-0.15, -0.1) is 0 Å². The summed E-state index contributed by atoms with van der Waals surface area (Å²) in [5, 5.41) is 0. The van der Waals surface area contributed by atoms with Gasteiger partial charge in [0.05, 0.1) is 4.90 Å². The van der Waals surface area contributed by atoms with Crippen molar-refractivity contribution in [3.8, 4) is 0 Å². The highest BCUT2D eigenvalue weighted by molar-refractivity contribution is 7.89. The first-order chi connectivity index (χ1) is 8.78. The summed E-state index contributed by atoms with van der Waals surface area (Å²) < 4.78 is 27.3. The molecule has 1 fully saturated rings. The normalized spacial score (nSPS) is 21.4. The Bertz CT molecular complexity index is 579. The lowest BCUT2D eigenvalue weighted by molar-refractivity contribution is 0.537. The molecule has 2 rings (SSSR count). The van der Waals surface area contributed by atoms with Crippen molar-refractivity contribution in [1.29, 1.82) is 0 Å². The number of benzene rings is 1. The third-order valence-electron chi connectivity index (χ3n) is 4.14. The average Bonchev–Trinajstić information content (AvgIpc) is 2.95. The van der Waals surface area contributed by atoms with Crippen LogP contribution in [0.4, 0.5) is 0 Å². The van der Waals surface area contributed by atoms with Crippen LogP contribution in [0.25, 0.3) is 0 Å². The van der Waals surface area contributed by atoms with Crippen LogP contribution in [-0.2, 0) is 16.6 Å². The van der Waals surface area contributed by atoms with Gasteiger partial charge in [-0.05, 0) is 41.9 Å². The molecule has 3 N–H and O–H groups in total. The van der Waals surface area contributed by atoms with Crippen molar-refractivity contribution in [2.24, 2.45) is 17.1 Å². The summed E-state index contributed by atoms with van der Waals surface area (Å²) in [6.45, 7) is 6.99. The Morgan fingerprint density at radius 1 is 1.42 bits per heavy atom. The van der Waals surface area contributed by atoms with Gasteiger partial charge < -0.3 is 5.73 Å². The number of nitrogens with one attached hydrogen (secondary N) is 1. The van der Waals surface area contributed by atoms with Crippen LogP contribution in [0, 0.1) is 18.3 Å². The minimum atomic E-state index is -3.43. The molecule has 0 amide bonds. The van der Waals surface area contributed by atoms with Gasteiger partial charge in [0.1, 0.15) is 0 Å². The van der Waals surface area contributed by atoms with E-state index in [1.165, 1.54) is 0 Å². The molecule has 1 saturated carbocycles. The zero-order chi connectivity index (χ0) is 14.3. The maximum Gasteiger partial charge on any atom is 0.240 e. The van der Waals surface area contributed by atoms with Gasteiger partial charge >= 0.3 is 0 Å². The molecule has 5 heteroatoms. The lowest BCUT2D eigenvalue weighted by atomic mass is 10.1. The zero-order valence-electron chi connectivity index (χ0n) is 11.7. The maximum absolute atomic E-state index is 12.3. The molecule has 19 heavy (non-hydrogen) atoms. The molecule has 0 radical (unpaired) electrons. The minimum Gasteiger partial charge on any atom is -0.326 e. The summed E-state index contributed by atoms with van der Waals surface area (Å²) in [5.41, 5.74) is 7.50. The first-order valence-corrected chi connectivity index (χ1v) is 8.04. The minimum absolute atomic E-state index is 0.274. The van der Waals surface area contributed by atoms with Crippen LogP contribution in [0.5, 0.6) is 0 Å². The number of nitrogens with two attached hydrogens (primary N) is 1. The number of rotatable bonds is 5. The monoisotopic (exact) mass is 282 g/mol. The fraction of sp³-hybridized carbons (Fsp3) is 0.571. The molecular weight excluding hydrogens is 260 g/mol. The Hall–Kier alpha value is -0.910. The molecule has 0 saturated heterocycles. The molecular formula is C14H22N2O2S. The molecule has 0 aromatic heterocycles. The highest BCUT2D eigenvalue weighted by atomic mass is 32.2. The van der Waals surface area contributed by atoms with Crippen LogP contribution < -0.4 is 10.5 Å². The molecule has 1 unspecified atom stereocenters. The van der Waals surface area contributed by atoms with Gasteiger partial charge in [-0.25, -0.2) is 13.1 Å². The van der Waals surface area contributed by atoms with Gasteiger partial charge in [-0.1, -0.05) is 26.0 Å². The second kappa shape index (κ2) is 4.89. The van der Waals surface area contributed by atoms with Crippen LogP contribution >= 0.6 is 0 Å². The predicted octanol–water partition coefficient (Wildman–Crippen LogP) is 1.78. The van der Waals surface area contributed by atoms with Crippen LogP contribution in [-0.4, -0.2) is 15.0 Å². The van der Waals surface area contributed by atoms with E-state index in [4.69, 9.17) is 5.73 Å². The Balaban J connectivity index is 2.16. The summed E-state index contributed by atoms with van der Waals surface area (Å²) in [6, 6.07) is 5.23. The summed E-state index contributed by atoms with van der Waals surface area (Å²) in [6.07, 6.45) is 1.08. The number of sulfonamides is 1. The van der Waals surface area contributed by atoms with E-state index in [1.54, 1.807) is 19.1 Å². The SMILES string of the molecule is Cc1c(CN)cccc1S(=O)(=O)NCC1CC1(C)C. The van der Waals surface area contributed by atoms with E-state index in [0.717, 1.165) is 17.5 Å². The van der Waals surface area contributed by atoms with Crippen molar-refractivity contribution in [2.45, 2.75) is 38.6 Å². The van der Waals surface area contributed by atoms with E-state index >= 15 is 0 Å². The molecule has 1 atom stereocenters. The Labute approximate surface area is 115 Å². The van der Waals surface area contributed by atoms with Crippen molar-refractivity contribution in [2.75, 3.05) is 6.54 Å². The standard InChI is InChI=1S/C14H22N2O2S/c1-10-11(8-15)5-4-6-13(10)19(17,18)16-9-12-7-14(12,2)3/h4-6,12,16H,7-9,15H2,1-3H3. The van der Waals surface area contributed by atoms with Crippen LogP contribution in [0.1, 0.15) is 31.4 Å². The van der Waals surface area contributed by atoms with E-state index < -0.39 is 10.0 Å². The first kappa shape index (κ1) is 14.5. The van der Waals surface area contributed by atoms with E-state index in [2.05, 4.69) is 18.6 Å². The third kappa shape index (κ3) is 2.99. The summed E-state index contributed by atoms with van der Waals surface area (Å²) in [5.74, 6) is 0.445. The fourth-order valence-corrected chi connectivity index (χ4v) is 3.75. The highest BCUT2D eigenvalue weighted by Gasteiger charge is 2.45. The van der Waals surface area contributed by atoms with Crippen LogP contribution in [0.3, 0.4) is 0 Å². The van der Waals surface area contributed by atoms with Crippen molar-refractivity contribution in [3.63, 3.8) is 0 Å². The molecule has 0 spiro atoms. The lowest BCUT2D eigenvalue weighted by Gasteiger charge is -2.12. The third-order valence-corrected chi connectivity index (χ3v) is 5.71. The number of hydrogen-bond acceptors (Lipinski definition) is 3. The molecule has 0 aliphatic heterocycles.